The predicted octanol–water partition coefficient (Wildman–Crippen LogP) is 4.75. The third-order valence-electron chi connectivity index (χ3n) is 3.30. The van der Waals surface area contributed by atoms with E-state index in [1.165, 1.54) is 0 Å². The minimum absolute atomic E-state index is 0.0590. The molecule has 0 aliphatic rings. The number of benzene rings is 2. The second-order valence-corrected chi connectivity index (χ2v) is 6.30. The summed E-state index contributed by atoms with van der Waals surface area (Å²) in [7, 11) is 0. The van der Waals surface area contributed by atoms with Gasteiger partial charge in [0.25, 0.3) is 0 Å². The van der Waals surface area contributed by atoms with Crippen molar-refractivity contribution in [3.8, 4) is 0 Å². The topological polar surface area (TPSA) is 93.0 Å². The summed E-state index contributed by atoms with van der Waals surface area (Å²) in [4.78, 5) is 18.5. The van der Waals surface area contributed by atoms with Gasteiger partial charge in [-0.3, -0.25) is 10.1 Å². The number of rotatable bonds is 5. The Bertz CT molecular complexity index is 969. The van der Waals surface area contributed by atoms with Gasteiger partial charge < -0.3 is 10.6 Å². The lowest BCUT2D eigenvalue weighted by atomic mass is 10.3. The highest BCUT2D eigenvalue weighted by Gasteiger charge is 2.24. The van der Waals surface area contributed by atoms with Crippen molar-refractivity contribution in [2.24, 2.45) is 0 Å². The molecule has 1 aromatic heterocycles. The number of nitrogens with one attached hydrogen (secondary N) is 2. The molecular weight excluding hydrogens is 459 g/mol. The number of nitro groups is 1. The van der Waals surface area contributed by atoms with Gasteiger partial charge in [-0.25, -0.2) is 18.7 Å². The maximum absolute atomic E-state index is 13.8. The van der Waals surface area contributed by atoms with Gasteiger partial charge >= 0.3 is 5.69 Å². The minimum Gasteiger partial charge on any atom is -0.334 e. The van der Waals surface area contributed by atoms with E-state index in [4.69, 9.17) is 0 Å². The fourth-order valence-corrected chi connectivity index (χ4v) is 2.48. The molecule has 132 valence electrons. The first-order chi connectivity index (χ1) is 12.4. The lowest BCUT2D eigenvalue weighted by Gasteiger charge is -2.10. The van der Waals surface area contributed by atoms with E-state index in [1.54, 1.807) is 12.1 Å². The second-order valence-electron chi connectivity index (χ2n) is 5.06. The average molecular weight is 469 g/mol. The van der Waals surface area contributed by atoms with Crippen molar-refractivity contribution < 1.29 is 13.7 Å². The Balaban J connectivity index is 1.98. The molecular formula is C16H10F2IN5O2. The van der Waals surface area contributed by atoms with E-state index in [0.29, 0.717) is 11.8 Å². The van der Waals surface area contributed by atoms with Crippen molar-refractivity contribution in [2.75, 3.05) is 10.6 Å². The van der Waals surface area contributed by atoms with Crippen LogP contribution in [-0.2, 0) is 0 Å². The zero-order chi connectivity index (χ0) is 18.7. The van der Waals surface area contributed by atoms with Gasteiger partial charge in [0.15, 0.2) is 0 Å². The molecule has 2 aromatic carbocycles. The summed E-state index contributed by atoms with van der Waals surface area (Å²) < 4.78 is 27.8. The summed E-state index contributed by atoms with van der Waals surface area (Å²) in [5.74, 6) is -1.93. The Morgan fingerprint density at radius 3 is 2.27 bits per heavy atom. The van der Waals surface area contributed by atoms with Crippen LogP contribution in [0.15, 0.2) is 48.8 Å². The summed E-state index contributed by atoms with van der Waals surface area (Å²) in [6.07, 6.45) is 1.10. The maximum Gasteiger partial charge on any atom is 0.353 e. The van der Waals surface area contributed by atoms with Crippen LogP contribution < -0.4 is 10.6 Å². The summed E-state index contributed by atoms with van der Waals surface area (Å²) in [5, 5.41) is 16.9. The Morgan fingerprint density at radius 1 is 1.00 bits per heavy atom. The van der Waals surface area contributed by atoms with Gasteiger partial charge in [-0.2, -0.15) is 0 Å². The van der Waals surface area contributed by atoms with Gasteiger partial charge in [-0.15, -0.1) is 0 Å². The molecule has 0 aliphatic heterocycles. The van der Waals surface area contributed by atoms with E-state index < -0.39 is 22.2 Å². The first-order valence-corrected chi connectivity index (χ1v) is 8.26. The molecule has 0 atom stereocenters. The summed E-state index contributed by atoms with van der Waals surface area (Å²) in [5.41, 5.74) is -0.0191. The van der Waals surface area contributed by atoms with Crippen molar-refractivity contribution in [3.63, 3.8) is 0 Å². The molecule has 1 heterocycles. The molecule has 0 amide bonds. The lowest BCUT2D eigenvalue weighted by Crippen LogP contribution is -2.06. The van der Waals surface area contributed by atoms with Crippen LogP contribution in [0.1, 0.15) is 0 Å². The molecule has 0 fully saturated rings. The number of anilines is 4. The average Bonchev–Trinajstić information content (AvgIpc) is 2.59. The third kappa shape index (κ3) is 4.02. The quantitative estimate of drug-likeness (QED) is 0.318. The van der Waals surface area contributed by atoms with E-state index in [9.17, 15) is 18.9 Å². The van der Waals surface area contributed by atoms with Crippen LogP contribution in [0.2, 0.25) is 0 Å². The molecule has 3 aromatic rings. The molecule has 2 N–H and O–H groups in total. The van der Waals surface area contributed by atoms with Crippen molar-refractivity contribution in [2.45, 2.75) is 0 Å². The van der Waals surface area contributed by atoms with Crippen LogP contribution >= 0.6 is 22.6 Å². The predicted molar refractivity (Wildman–Crippen MR) is 101 cm³/mol. The number of hydrogen-bond acceptors (Lipinski definition) is 6. The summed E-state index contributed by atoms with van der Waals surface area (Å²) in [6, 6.07) is 9.94. The third-order valence-corrected chi connectivity index (χ3v) is 4.02. The maximum atomic E-state index is 13.8. The van der Waals surface area contributed by atoms with Crippen LogP contribution in [0, 0.1) is 25.3 Å². The molecule has 3 rings (SSSR count). The van der Waals surface area contributed by atoms with Gasteiger partial charge in [0.1, 0.15) is 18.0 Å². The molecule has 0 saturated carbocycles. The Hall–Kier alpha value is -2.89. The molecule has 7 nitrogen and oxygen atoms in total. The van der Waals surface area contributed by atoms with Crippen LogP contribution in [0.4, 0.5) is 37.5 Å². The van der Waals surface area contributed by atoms with E-state index in [-0.39, 0.29) is 17.3 Å². The molecule has 0 bridgehead atoms. The van der Waals surface area contributed by atoms with Crippen molar-refractivity contribution in [1.82, 2.24) is 9.97 Å². The van der Waals surface area contributed by atoms with Gasteiger partial charge in [0.05, 0.1) is 10.6 Å². The highest BCUT2D eigenvalue weighted by Crippen LogP contribution is 2.33. The number of halogens is 3. The highest BCUT2D eigenvalue weighted by molar-refractivity contribution is 14.1. The smallest absolute Gasteiger partial charge is 0.334 e. The Labute approximate surface area is 159 Å². The molecule has 0 aliphatic carbocycles. The normalized spacial score (nSPS) is 10.4. The summed E-state index contributed by atoms with van der Waals surface area (Å²) >= 11 is 2.13. The van der Waals surface area contributed by atoms with Crippen LogP contribution in [0.5, 0.6) is 0 Å². The molecule has 26 heavy (non-hydrogen) atoms. The Morgan fingerprint density at radius 2 is 1.65 bits per heavy atom. The van der Waals surface area contributed by atoms with Crippen molar-refractivity contribution in [3.05, 3.63) is 74.1 Å². The first-order valence-electron chi connectivity index (χ1n) is 7.18. The van der Waals surface area contributed by atoms with Crippen LogP contribution in [0.25, 0.3) is 0 Å². The van der Waals surface area contributed by atoms with Gasteiger partial charge in [0.2, 0.25) is 11.6 Å². The van der Waals surface area contributed by atoms with Crippen LogP contribution in [-0.4, -0.2) is 14.9 Å². The highest BCUT2D eigenvalue weighted by atomic mass is 127. The molecule has 0 spiro atoms. The minimum atomic E-state index is -0.898. The molecule has 0 radical (unpaired) electrons. The zero-order valence-electron chi connectivity index (χ0n) is 12.9. The standard InChI is InChI=1S/C16H10F2IN5O2/c17-9-1-6-13(12(18)7-9)23-16-14(24(25)26)15(20-8-21-16)22-11-4-2-10(19)3-5-11/h1-8H,(H2,20,21,22,23). The van der Waals surface area contributed by atoms with Crippen molar-refractivity contribution >= 4 is 51.3 Å². The van der Waals surface area contributed by atoms with Gasteiger partial charge in [0, 0.05) is 15.3 Å². The molecule has 0 saturated heterocycles. The van der Waals surface area contributed by atoms with Gasteiger partial charge in [-0.1, -0.05) is 0 Å². The molecule has 10 heteroatoms. The molecule has 0 unspecified atom stereocenters. The van der Waals surface area contributed by atoms with E-state index >= 15 is 0 Å². The van der Waals surface area contributed by atoms with E-state index in [2.05, 4.69) is 43.2 Å². The fraction of sp³-hybridized carbons (Fsp3) is 0. The monoisotopic (exact) mass is 469 g/mol. The summed E-state index contributed by atoms with van der Waals surface area (Å²) in [6.45, 7) is 0. The largest absolute Gasteiger partial charge is 0.353 e. The number of hydrogen-bond donors (Lipinski definition) is 2. The SMILES string of the molecule is O=[N+]([O-])c1c(Nc2ccc(I)cc2)ncnc1Nc1ccc(F)cc1F. The Kier molecular flexibility index (Phi) is 5.21. The van der Waals surface area contributed by atoms with Crippen LogP contribution in [0.3, 0.4) is 0 Å². The van der Waals surface area contributed by atoms with E-state index in [0.717, 1.165) is 22.0 Å². The lowest BCUT2D eigenvalue weighted by molar-refractivity contribution is -0.383. The van der Waals surface area contributed by atoms with E-state index in [1.807, 2.05) is 12.1 Å². The number of aromatic nitrogens is 2. The first kappa shape index (κ1) is 17.9. The number of nitrogens with zero attached hydrogens (tertiary/aromatic N) is 3. The van der Waals surface area contributed by atoms with Crippen molar-refractivity contribution in [1.29, 1.82) is 0 Å². The van der Waals surface area contributed by atoms with Gasteiger partial charge in [-0.05, 0) is 59.0 Å². The second kappa shape index (κ2) is 7.56. The zero-order valence-corrected chi connectivity index (χ0v) is 15.1. The fourth-order valence-electron chi connectivity index (χ4n) is 2.12.